The van der Waals surface area contributed by atoms with Crippen molar-refractivity contribution in [1.82, 2.24) is 9.62 Å². The van der Waals surface area contributed by atoms with Gasteiger partial charge in [0.2, 0.25) is 15.9 Å². The summed E-state index contributed by atoms with van der Waals surface area (Å²) in [5, 5.41) is 0. The van der Waals surface area contributed by atoms with E-state index < -0.39 is 10.0 Å². The van der Waals surface area contributed by atoms with Gasteiger partial charge in [-0.05, 0) is 44.0 Å². The molecule has 3 rings (SSSR count). The van der Waals surface area contributed by atoms with Crippen LogP contribution in [0.15, 0.2) is 53.4 Å². The number of piperidine rings is 1. The third kappa shape index (κ3) is 6.15. The first-order chi connectivity index (χ1) is 14.8. The van der Waals surface area contributed by atoms with Crippen LogP contribution in [0.3, 0.4) is 0 Å². The third-order valence-electron chi connectivity index (χ3n) is 5.48. The third-order valence-corrected chi connectivity index (χ3v) is 7.02. The first kappa shape index (κ1) is 23.0. The summed E-state index contributed by atoms with van der Waals surface area (Å²) in [4.78, 5) is 26.6. The van der Waals surface area contributed by atoms with Crippen molar-refractivity contribution in [2.75, 3.05) is 20.2 Å². The number of aryl methyl sites for hydroxylation is 1. The molecule has 7 nitrogen and oxygen atoms in total. The molecule has 8 heteroatoms. The number of hydrogen-bond donors (Lipinski definition) is 1. The van der Waals surface area contributed by atoms with Crippen molar-refractivity contribution in [3.63, 3.8) is 0 Å². The molecule has 1 aliphatic heterocycles. The summed E-state index contributed by atoms with van der Waals surface area (Å²) in [7, 11) is -2.11. The average molecular weight is 445 g/mol. The molecule has 31 heavy (non-hydrogen) atoms. The summed E-state index contributed by atoms with van der Waals surface area (Å²) in [6.07, 6.45) is 1.40. The van der Waals surface area contributed by atoms with Crippen LogP contribution >= 0.6 is 0 Å². The summed E-state index contributed by atoms with van der Waals surface area (Å²) in [5.41, 5.74) is 1.70. The Balaban J connectivity index is 1.46. The molecule has 166 valence electrons. The lowest BCUT2D eigenvalue weighted by atomic mass is 10.0. The van der Waals surface area contributed by atoms with Crippen molar-refractivity contribution in [2.24, 2.45) is 0 Å². The zero-order valence-corrected chi connectivity index (χ0v) is 18.7. The van der Waals surface area contributed by atoms with Crippen LogP contribution in [0.4, 0.5) is 0 Å². The summed E-state index contributed by atoms with van der Waals surface area (Å²) in [6, 6.07) is 13.3. The van der Waals surface area contributed by atoms with E-state index in [1.165, 1.54) is 19.2 Å². The highest BCUT2D eigenvalue weighted by Crippen LogP contribution is 2.19. The SMILES string of the molecule is COc1ccc(S(=O)(=O)NC2CCN(C(=O)CCC(=O)c3ccc(C)cc3)CC2)cc1. The largest absolute Gasteiger partial charge is 0.497 e. The lowest BCUT2D eigenvalue weighted by molar-refractivity contribution is -0.132. The first-order valence-electron chi connectivity index (χ1n) is 10.3. The van der Waals surface area contributed by atoms with Crippen LogP contribution in [0.5, 0.6) is 5.75 Å². The molecule has 0 aromatic heterocycles. The Labute approximate surface area is 183 Å². The van der Waals surface area contributed by atoms with E-state index in [1.54, 1.807) is 29.2 Å². The molecule has 0 spiro atoms. The zero-order chi connectivity index (χ0) is 22.4. The van der Waals surface area contributed by atoms with Crippen molar-refractivity contribution in [2.45, 2.75) is 43.5 Å². The fourth-order valence-electron chi connectivity index (χ4n) is 3.55. The van der Waals surface area contributed by atoms with Gasteiger partial charge in [0.1, 0.15) is 5.75 Å². The molecule has 0 bridgehead atoms. The molecule has 1 aliphatic rings. The number of hydrogen-bond acceptors (Lipinski definition) is 5. The Bertz CT molecular complexity index is 1010. The number of carbonyl (C=O) groups excluding carboxylic acids is 2. The summed E-state index contributed by atoms with van der Waals surface area (Å²) < 4.78 is 32.9. The molecular weight excluding hydrogens is 416 g/mol. The Morgan fingerprint density at radius 3 is 2.19 bits per heavy atom. The van der Waals surface area contributed by atoms with Crippen LogP contribution in [0, 0.1) is 6.92 Å². The van der Waals surface area contributed by atoms with Gasteiger partial charge in [-0.2, -0.15) is 0 Å². The molecule has 0 atom stereocenters. The highest BCUT2D eigenvalue weighted by atomic mass is 32.2. The van der Waals surface area contributed by atoms with Crippen LogP contribution in [-0.2, 0) is 14.8 Å². The normalized spacial score (nSPS) is 15.0. The summed E-state index contributed by atoms with van der Waals surface area (Å²) in [5.74, 6) is 0.471. The molecule has 1 heterocycles. The first-order valence-corrected chi connectivity index (χ1v) is 11.8. The van der Waals surface area contributed by atoms with E-state index in [4.69, 9.17) is 4.74 Å². The number of rotatable bonds is 8. The number of carbonyl (C=O) groups is 2. The van der Waals surface area contributed by atoms with Crippen LogP contribution < -0.4 is 9.46 Å². The minimum absolute atomic E-state index is 0.0458. The minimum Gasteiger partial charge on any atom is -0.497 e. The topological polar surface area (TPSA) is 92.8 Å². The molecule has 0 aliphatic carbocycles. The number of nitrogens with zero attached hydrogens (tertiary/aromatic N) is 1. The Hall–Kier alpha value is -2.71. The summed E-state index contributed by atoms with van der Waals surface area (Å²) in [6.45, 7) is 2.89. The van der Waals surface area contributed by atoms with Crippen LogP contribution in [0.25, 0.3) is 0 Å². The number of likely N-dealkylation sites (tertiary alicyclic amines) is 1. The van der Waals surface area contributed by atoms with E-state index in [0.717, 1.165) is 5.56 Å². The number of ether oxygens (including phenoxy) is 1. The number of ketones is 1. The van der Waals surface area contributed by atoms with Crippen LogP contribution in [0.1, 0.15) is 41.6 Å². The lowest BCUT2D eigenvalue weighted by Gasteiger charge is -2.32. The maximum Gasteiger partial charge on any atom is 0.240 e. The zero-order valence-electron chi connectivity index (χ0n) is 17.8. The van der Waals surface area contributed by atoms with Crippen LogP contribution in [0.2, 0.25) is 0 Å². The van der Waals surface area contributed by atoms with E-state index in [0.29, 0.717) is 37.2 Å². The van der Waals surface area contributed by atoms with E-state index in [9.17, 15) is 18.0 Å². The second-order valence-corrected chi connectivity index (χ2v) is 9.46. The van der Waals surface area contributed by atoms with E-state index in [-0.39, 0.29) is 35.5 Å². The van der Waals surface area contributed by atoms with Gasteiger partial charge in [0.05, 0.1) is 12.0 Å². The molecule has 1 N–H and O–H groups in total. The molecular formula is C23H28N2O5S. The maximum absolute atomic E-state index is 12.6. The molecule has 0 unspecified atom stereocenters. The molecule has 0 radical (unpaired) electrons. The van der Waals surface area contributed by atoms with E-state index >= 15 is 0 Å². The predicted molar refractivity (Wildman–Crippen MR) is 118 cm³/mol. The van der Waals surface area contributed by atoms with Crippen LogP contribution in [-0.4, -0.2) is 51.2 Å². The van der Waals surface area contributed by atoms with E-state index in [1.807, 2.05) is 19.1 Å². The fourth-order valence-corrected chi connectivity index (χ4v) is 4.86. The number of Topliss-reactive ketones (excluding diaryl/α,β-unsaturated/α-hetero) is 1. The highest BCUT2D eigenvalue weighted by molar-refractivity contribution is 7.89. The quantitative estimate of drug-likeness (QED) is 0.632. The molecule has 1 saturated heterocycles. The molecule has 1 fully saturated rings. The van der Waals surface area contributed by atoms with Gasteiger partial charge in [0.15, 0.2) is 5.78 Å². The van der Waals surface area contributed by atoms with Crippen molar-refractivity contribution in [3.8, 4) is 5.75 Å². The second kappa shape index (κ2) is 10.1. The van der Waals surface area contributed by atoms with Gasteiger partial charge in [-0.25, -0.2) is 13.1 Å². The standard InChI is InChI=1S/C23H28N2O5S/c1-17-3-5-18(6-4-17)22(26)11-12-23(27)25-15-13-19(14-16-25)24-31(28,29)21-9-7-20(30-2)8-10-21/h3-10,19,24H,11-16H2,1-2H3. The molecule has 0 saturated carbocycles. The summed E-state index contributed by atoms with van der Waals surface area (Å²) >= 11 is 0. The second-order valence-electron chi connectivity index (χ2n) is 7.74. The van der Waals surface area contributed by atoms with Gasteiger partial charge in [-0.1, -0.05) is 29.8 Å². The Morgan fingerprint density at radius 2 is 1.61 bits per heavy atom. The van der Waals surface area contributed by atoms with Gasteiger partial charge in [-0.3, -0.25) is 9.59 Å². The van der Waals surface area contributed by atoms with Gasteiger partial charge in [0.25, 0.3) is 0 Å². The Kier molecular flexibility index (Phi) is 7.46. The molecule has 1 amide bonds. The highest BCUT2D eigenvalue weighted by Gasteiger charge is 2.27. The smallest absolute Gasteiger partial charge is 0.240 e. The van der Waals surface area contributed by atoms with Gasteiger partial charge in [0, 0.05) is 37.5 Å². The number of amides is 1. The predicted octanol–water partition coefficient (Wildman–Crippen LogP) is 2.94. The van der Waals surface area contributed by atoms with Gasteiger partial charge < -0.3 is 9.64 Å². The fraction of sp³-hybridized carbons (Fsp3) is 0.391. The molecule has 2 aromatic rings. The van der Waals surface area contributed by atoms with Crippen molar-refractivity contribution < 1.29 is 22.7 Å². The molecule has 2 aromatic carbocycles. The lowest BCUT2D eigenvalue weighted by Crippen LogP contribution is -2.46. The number of nitrogens with one attached hydrogen (secondary N) is 1. The number of sulfonamides is 1. The maximum atomic E-state index is 12.6. The van der Waals surface area contributed by atoms with Crippen molar-refractivity contribution in [3.05, 3.63) is 59.7 Å². The van der Waals surface area contributed by atoms with Gasteiger partial charge >= 0.3 is 0 Å². The van der Waals surface area contributed by atoms with Crippen molar-refractivity contribution >= 4 is 21.7 Å². The number of methoxy groups -OCH3 is 1. The number of benzene rings is 2. The van der Waals surface area contributed by atoms with Gasteiger partial charge in [-0.15, -0.1) is 0 Å². The Morgan fingerprint density at radius 1 is 1.00 bits per heavy atom. The average Bonchev–Trinajstić information content (AvgIpc) is 2.78. The monoisotopic (exact) mass is 444 g/mol. The van der Waals surface area contributed by atoms with Crippen molar-refractivity contribution in [1.29, 1.82) is 0 Å². The van der Waals surface area contributed by atoms with E-state index in [2.05, 4.69) is 4.72 Å². The minimum atomic E-state index is -3.63.